The molecule has 0 saturated carbocycles. The number of aromatic nitrogens is 1. The zero-order valence-corrected chi connectivity index (χ0v) is 11.8. The Morgan fingerprint density at radius 3 is 2.56 bits per heavy atom. The second kappa shape index (κ2) is 5.75. The lowest BCUT2D eigenvalue weighted by molar-refractivity contribution is 0.399. The molecular formula is C12H23N3S. The molecule has 0 unspecified atom stereocenters. The molecule has 0 spiro atoms. The fourth-order valence-electron chi connectivity index (χ4n) is 1.23. The summed E-state index contributed by atoms with van der Waals surface area (Å²) in [7, 11) is 4.17. The Bertz CT molecular complexity index is 312. The minimum Gasteiger partial charge on any atom is -0.309 e. The standard InChI is InChI=1S/C12H23N3S/c1-12(2,3)10-9-16-11(14-10)8-13-6-7-15(4)5/h9,13H,6-8H2,1-5H3. The average molecular weight is 241 g/mol. The third kappa shape index (κ3) is 4.60. The van der Waals surface area contributed by atoms with Gasteiger partial charge in [0.15, 0.2) is 0 Å². The molecule has 4 heteroatoms. The predicted octanol–water partition coefficient (Wildman–Crippen LogP) is 2.09. The SMILES string of the molecule is CN(C)CCNCc1nc(C(C)(C)C)cs1. The Kier molecular flexibility index (Phi) is 4.89. The molecule has 0 saturated heterocycles. The van der Waals surface area contributed by atoms with Gasteiger partial charge >= 0.3 is 0 Å². The van der Waals surface area contributed by atoms with Gasteiger partial charge in [0.25, 0.3) is 0 Å². The highest BCUT2D eigenvalue weighted by molar-refractivity contribution is 7.09. The normalized spacial score (nSPS) is 12.4. The van der Waals surface area contributed by atoms with Crippen LogP contribution in [0.1, 0.15) is 31.5 Å². The van der Waals surface area contributed by atoms with Crippen LogP contribution in [0.25, 0.3) is 0 Å². The molecule has 0 amide bonds. The average Bonchev–Trinajstić information content (AvgIpc) is 2.59. The Labute approximate surface area is 103 Å². The summed E-state index contributed by atoms with van der Waals surface area (Å²) in [6.45, 7) is 9.56. The van der Waals surface area contributed by atoms with Crippen LogP contribution in [0.5, 0.6) is 0 Å². The largest absolute Gasteiger partial charge is 0.309 e. The molecule has 92 valence electrons. The van der Waals surface area contributed by atoms with Crippen molar-refractivity contribution < 1.29 is 0 Å². The van der Waals surface area contributed by atoms with Crippen molar-refractivity contribution in [2.24, 2.45) is 0 Å². The van der Waals surface area contributed by atoms with Gasteiger partial charge < -0.3 is 10.2 Å². The Morgan fingerprint density at radius 1 is 1.38 bits per heavy atom. The number of nitrogens with zero attached hydrogens (tertiary/aromatic N) is 2. The van der Waals surface area contributed by atoms with E-state index in [1.54, 1.807) is 11.3 Å². The van der Waals surface area contributed by atoms with E-state index in [0.29, 0.717) is 0 Å². The molecule has 1 aromatic heterocycles. The summed E-state index contributed by atoms with van der Waals surface area (Å²) in [5.74, 6) is 0. The first kappa shape index (κ1) is 13.6. The van der Waals surface area contributed by atoms with Gasteiger partial charge in [-0.1, -0.05) is 20.8 Å². The van der Waals surface area contributed by atoms with E-state index in [9.17, 15) is 0 Å². The highest BCUT2D eigenvalue weighted by atomic mass is 32.1. The van der Waals surface area contributed by atoms with Crippen molar-refractivity contribution in [2.45, 2.75) is 32.7 Å². The van der Waals surface area contributed by atoms with Crippen LogP contribution in [0.2, 0.25) is 0 Å². The van der Waals surface area contributed by atoms with Crippen molar-refractivity contribution in [3.8, 4) is 0 Å². The smallest absolute Gasteiger partial charge is 0.107 e. The molecule has 0 aliphatic heterocycles. The van der Waals surface area contributed by atoms with Crippen LogP contribution in [0.15, 0.2) is 5.38 Å². The van der Waals surface area contributed by atoms with E-state index in [0.717, 1.165) is 19.6 Å². The van der Waals surface area contributed by atoms with Crippen LogP contribution < -0.4 is 5.32 Å². The maximum absolute atomic E-state index is 4.64. The summed E-state index contributed by atoms with van der Waals surface area (Å²) in [4.78, 5) is 6.82. The lowest BCUT2D eigenvalue weighted by atomic mass is 9.93. The third-order valence-electron chi connectivity index (χ3n) is 2.33. The number of hydrogen-bond donors (Lipinski definition) is 1. The molecule has 0 aromatic carbocycles. The highest BCUT2D eigenvalue weighted by Crippen LogP contribution is 2.23. The molecule has 1 aromatic rings. The monoisotopic (exact) mass is 241 g/mol. The van der Waals surface area contributed by atoms with Crippen LogP contribution in [-0.4, -0.2) is 37.1 Å². The van der Waals surface area contributed by atoms with Gasteiger partial charge in [-0.2, -0.15) is 0 Å². The van der Waals surface area contributed by atoms with Gasteiger partial charge in [-0.25, -0.2) is 4.98 Å². The molecule has 0 bridgehead atoms. The van der Waals surface area contributed by atoms with E-state index in [4.69, 9.17) is 0 Å². The predicted molar refractivity (Wildman–Crippen MR) is 71.1 cm³/mol. The van der Waals surface area contributed by atoms with Crippen LogP contribution >= 0.6 is 11.3 Å². The van der Waals surface area contributed by atoms with Crippen molar-refractivity contribution in [3.63, 3.8) is 0 Å². The van der Waals surface area contributed by atoms with Crippen LogP contribution in [0.3, 0.4) is 0 Å². The molecule has 0 radical (unpaired) electrons. The van der Waals surface area contributed by atoms with Crippen molar-refractivity contribution in [1.29, 1.82) is 0 Å². The molecule has 0 aliphatic rings. The quantitative estimate of drug-likeness (QED) is 0.800. The van der Waals surface area contributed by atoms with Gasteiger partial charge in [0.2, 0.25) is 0 Å². The fourth-order valence-corrected chi connectivity index (χ4v) is 2.22. The van der Waals surface area contributed by atoms with Crippen molar-refractivity contribution in [3.05, 3.63) is 16.1 Å². The van der Waals surface area contributed by atoms with Crippen LogP contribution in [0.4, 0.5) is 0 Å². The first-order valence-electron chi connectivity index (χ1n) is 5.70. The minimum absolute atomic E-state index is 0.165. The molecule has 1 N–H and O–H groups in total. The van der Waals surface area contributed by atoms with E-state index in [2.05, 4.69) is 55.4 Å². The minimum atomic E-state index is 0.165. The van der Waals surface area contributed by atoms with Crippen LogP contribution in [-0.2, 0) is 12.0 Å². The summed E-state index contributed by atoms with van der Waals surface area (Å²) in [6, 6.07) is 0. The van der Waals surface area contributed by atoms with Gasteiger partial charge in [0, 0.05) is 30.4 Å². The van der Waals surface area contributed by atoms with E-state index in [1.807, 2.05) is 0 Å². The fraction of sp³-hybridized carbons (Fsp3) is 0.750. The number of rotatable bonds is 5. The van der Waals surface area contributed by atoms with Crippen molar-refractivity contribution in [1.82, 2.24) is 15.2 Å². The zero-order valence-electron chi connectivity index (χ0n) is 11.0. The second-order valence-corrected chi connectivity index (χ2v) is 6.30. The zero-order chi connectivity index (χ0) is 12.2. The Balaban J connectivity index is 2.36. The molecule has 0 fully saturated rings. The topological polar surface area (TPSA) is 28.2 Å². The van der Waals surface area contributed by atoms with E-state index in [-0.39, 0.29) is 5.41 Å². The third-order valence-corrected chi connectivity index (χ3v) is 3.18. The van der Waals surface area contributed by atoms with Gasteiger partial charge in [0.1, 0.15) is 5.01 Å². The van der Waals surface area contributed by atoms with E-state index in [1.165, 1.54) is 10.7 Å². The molecule has 3 nitrogen and oxygen atoms in total. The first-order valence-corrected chi connectivity index (χ1v) is 6.58. The van der Waals surface area contributed by atoms with Gasteiger partial charge in [0.05, 0.1) is 5.69 Å². The molecule has 0 atom stereocenters. The summed E-state index contributed by atoms with van der Waals surface area (Å²) in [5, 5.41) is 6.76. The summed E-state index contributed by atoms with van der Waals surface area (Å²) >= 11 is 1.75. The number of thiazole rings is 1. The van der Waals surface area contributed by atoms with Crippen LogP contribution in [0, 0.1) is 0 Å². The maximum Gasteiger partial charge on any atom is 0.107 e. The van der Waals surface area contributed by atoms with Gasteiger partial charge in [-0.05, 0) is 14.1 Å². The molecule has 16 heavy (non-hydrogen) atoms. The summed E-state index contributed by atoms with van der Waals surface area (Å²) in [5.41, 5.74) is 1.36. The molecule has 0 aliphatic carbocycles. The van der Waals surface area contributed by atoms with E-state index >= 15 is 0 Å². The summed E-state index contributed by atoms with van der Waals surface area (Å²) in [6.07, 6.45) is 0. The number of nitrogens with one attached hydrogen (secondary N) is 1. The molecule has 1 heterocycles. The van der Waals surface area contributed by atoms with Crippen molar-refractivity contribution in [2.75, 3.05) is 27.2 Å². The van der Waals surface area contributed by atoms with E-state index < -0.39 is 0 Å². The highest BCUT2D eigenvalue weighted by Gasteiger charge is 2.16. The summed E-state index contributed by atoms with van der Waals surface area (Å²) < 4.78 is 0. The van der Waals surface area contributed by atoms with Crippen molar-refractivity contribution >= 4 is 11.3 Å². The number of likely N-dealkylation sites (N-methyl/N-ethyl adjacent to an activating group) is 1. The van der Waals surface area contributed by atoms with Gasteiger partial charge in [-0.15, -0.1) is 11.3 Å². The Morgan fingerprint density at radius 2 is 2.06 bits per heavy atom. The molecule has 1 rings (SSSR count). The maximum atomic E-state index is 4.64. The van der Waals surface area contributed by atoms with Gasteiger partial charge in [-0.3, -0.25) is 0 Å². The molecular weight excluding hydrogens is 218 g/mol. The second-order valence-electron chi connectivity index (χ2n) is 5.36. The lowest BCUT2D eigenvalue weighted by Gasteiger charge is -2.14. The Hall–Kier alpha value is -0.450. The lowest BCUT2D eigenvalue weighted by Crippen LogP contribution is -2.26. The first-order chi connectivity index (χ1) is 7.39. The number of hydrogen-bond acceptors (Lipinski definition) is 4.